The lowest BCUT2D eigenvalue weighted by Gasteiger charge is -2.29. The van der Waals surface area contributed by atoms with Gasteiger partial charge in [-0.2, -0.15) is 39.5 Å². The Kier molecular flexibility index (Phi) is 8.59. The van der Waals surface area contributed by atoms with E-state index in [1.54, 1.807) is 6.07 Å². The molecule has 15 heteroatoms. The van der Waals surface area contributed by atoms with Crippen molar-refractivity contribution in [1.29, 1.82) is 0 Å². The molecule has 0 bridgehead atoms. The van der Waals surface area contributed by atoms with Crippen LogP contribution in [0.4, 0.5) is 39.5 Å². The minimum atomic E-state index is -5.11. The van der Waals surface area contributed by atoms with E-state index in [1.165, 1.54) is 48.5 Å². The number of aromatic nitrogens is 1. The number of carboxylic acids is 1. The summed E-state index contributed by atoms with van der Waals surface area (Å²) >= 11 is 0. The molecule has 2 fully saturated rings. The average Bonchev–Trinajstić information content (AvgIpc) is 3.64. The molecular formula is C35H25F9N2O4. The largest absolute Gasteiger partial charge is 0.481 e. The van der Waals surface area contributed by atoms with E-state index < -0.39 is 71.5 Å². The smallest absolute Gasteiger partial charge is 0.416 e. The number of rotatable bonds is 6. The summed E-state index contributed by atoms with van der Waals surface area (Å²) in [6, 6.07) is 9.53. The molecule has 0 aliphatic carbocycles. The van der Waals surface area contributed by atoms with Gasteiger partial charge in [0, 0.05) is 35.7 Å². The van der Waals surface area contributed by atoms with Gasteiger partial charge in [-0.15, -0.1) is 0 Å². The lowest BCUT2D eigenvalue weighted by atomic mass is 9.87. The Morgan fingerprint density at radius 3 is 1.96 bits per heavy atom. The fraction of sp³-hybridized carbons (Fsp3) is 0.286. The number of benzene rings is 3. The van der Waals surface area contributed by atoms with Crippen LogP contribution in [0, 0.1) is 0 Å². The number of carbonyl (C=O) groups is 2. The molecule has 4 aromatic rings. The van der Waals surface area contributed by atoms with E-state index in [4.69, 9.17) is 4.74 Å². The second-order valence-electron chi connectivity index (χ2n) is 12.1. The Labute approximate surface area is 278 Å². The highest BCUT2D eigenvalue weighted by Crippen LogP contribution is 2.52. The number of ether oxygens (including phenoxy) is 1. The fourth-order valence-corrected chi connectivity index (χ4v) is 6.89. The predicted molar refractivity (Wildman–Crippen MR) is 160 cm³/mol. The molecule has 3 heterocycles. The number of nitrogens with zero attached hydrogens (tertiary/aromatic N) is 2. The molecule has 50 heavy (non-hydrogen) atoms. The first-order valence-corrected chi connectivity index (χ1v) is 15.1. The molecule has 1 N–H and O–H groups in total. The molecule has 3 aromatic carbocycles. The van der Waals surface area contributed by atoms with Crippen LogP contribution < -0.4 is 4.74 Å². The number of methoxy groups -OCH3 is 1. The van der Waals surface area contributed by atoms with Crippen LogP contribution in [-0.4, -0.2) is 40.0 Å². The number of hydrogen-bond donors (Lipinski definition) is 1. The Balaban J connectivity index is 1.45. The summed E-state index contributed by atoms with van der Waals surface area (Å²) in [5, 5.41) is 9.25. The van der Waals surface area contributed by atoms with Gasteiger partial charge < -0.3 is 14.7 Å². The molecule has 1 aromatic heterocycles. The minimum absolute atomic E-state index is 0.000456. The van der Waals surface area contributed by atoms with Gasteiger partial charge in [-0.05, 0) is 83.6 Å². The van der Waals surface area contributed by atoms with Gasteiger partial charge in [0.15, 0.2) is 0 Å². The number of halogens is 9. The second kappa shape index (κ2) is 12.4. The third kappa shape index (κ3) is 6.48. The summed E-state index contributed by atoms with van der Waals surface area (Å²) in [5.41, 5.74) is -2.97. The SMILES string of the molecule is COc1ncc(-c2ccc(C(=O)O)cc2)cc1-c1ccc(C(F)(F)F)cc1[C@@H]1CC[C@H]2[C@@H](c3cc(C(F)(F)F)cc(C(F)(F)F)c3)CC(=O)N12. The number of aromatic carboxylic acids is 1. The molecule has 3 atom stereocenters. The predicted octanol–water partition coefficient (Wildman–Crippen LogP) is 9.40. The Morgan fingerprint density at radius 2 is 1.40 bits per heavy atom. The summed E-state index contributed by atoms with van der Waals surface area (Å²) in [7, 11) is 1.29. The first-order valence-electron chi connectivity index (χ1n) is 15.1. The molecular weight excluding hydrogens is 683 g/mol. The topological polar surface area (TPSA) is 79.7 Å². The quantitative estimate of drug-likeness (QED) is 0.202. The van der Waals surface area contributed by atoms with Crippen LogP contribution in [0.5, 0.6) is 5.88 Å². The van der Waals surface area contributed by atoms with Crippen LogP contribution in [0.15, 0.2) is 72.9 Å². The number of amides is 1. The highest BCUT2D eigenvalue weighted by Gasteiger charge is 2.50. The molecule has 6 rings (SSSR count). The Bertz CT molecular complexity index is 1940. The Morgan fingerprint density at radius 1 is 0.780 bits per heavy atom. The summed E-state index contributed by atoms with van der Waals surface area (Å²) in [4.78, 5) is 30.4. The van der Waals surface area contributed by atoms with E-state index in [0.717, 1.165) is 12.1 Å². The van der Waals surface area contributed by atoms with Crippen LogP contribution in [-0.2, 0) is 23.3 Å². The van der Waals surface area contributed by atoms with Crippen molar-refractivity contribution in [2.45, 2.75) is 55.8 Å². The molecule has 6 nitrogen and oxygen atoms in total. The van der Waals surface area contributed by atoms with Crippen molar-refractivity contribution in [3.8, 4) is 28.1 Å². The van der Waals surface area contributed by atoms with Crippen LogP contribution in [0.3, 0.4) is 0 Å². The van der Waals surface area contributed by atoms with Gasteiger partial charge in [0.2, 0.25) is 11.8 Å². The second-order valence-corrected chi connectivity index (χ2v) is 12.1. The van der Waals surface area contributed by atoms with E-state index in [9.17, 15) is 54.2 Å². The highest BCUT2D eigenvalue weighted by molar-refractivity contribution is 5.88. The van der Waals surface area contributed by atoms with Crippen molar-refractivity contribution in [3.63, 3.8) is 0 Å². The highest BCUT2D eigenvalue weighted by atomic mass is 19.4. The van der Waals surface area contributed by atoms with Crippen LogP contribution in [0.25, 0.3) is 22.3 Å². The standard InChI is InChI=1S/C35H25F9N2O4/c1-50-31-27(12-20(16-45-31)17-2-4-18(5-3-17)32(48)49)24-7-6-21(33(36,37)38)14-26(24)29-9-8-28-25(15-30(47)46(28)29)19-10-22(34(39,40)41)13-23(11-19)35(42,43)44/h2-7,10-14,16,25,28-29H,8-9,15H2,1H3,(H,48,49)/t25-,28+,29+/m1/s1. The molecule has 2 saturated heterocycles. The van der Waals surface area contributed by atoms with Crippen LogP contribution >= 0.6 is 0 Å². The fourth-order valence-electron chi connectivity index (χ4n) is 6.89. The van der Waals surface area contributed by atoms with E-state index in [1.807, 2.05) is 0 Å². The number of fused-ring (bicyclic) bond motifs is 1. The number of pyridine rings is 1. The van der Waals surface area contributed by atoms with Crippen molar-refractivity contribution >= 4 is 11.9 Å². The maximum atomic E-state index is 14.1. The van der Waals surface area contributed by atoms with Gasteiger partial charge in [0.25, 0.3) is 0 Å². The maximum Gasteiger partial charge on any atom is 0.416 e. The summed E-state index contributed by atoms with van der Waals surface area (Å²) in [6.07, 6.45) is -13.9. The molecule has 0 spiro atoms. The summed E-state index contributed by atoms with van der Waals surface area (Å²) in [6.45, 7) is 0. The molecule has 0 saturated carbocycles. The van der Waals surface area contributed by atoms with Gasteiger partial charge in [-0.3, -0.25) is 4.79 Å². The molecule has 2 aliphatic heterocycles. The molecule has 0 radical (unpaired) electrons. The van der Waals surface area contributed by atoms with Gasteiger partial charge >= 0.3 is 24.5 Å². The van der Waals surface area contributed by atoms with Gasteiger partial charge in [-0.1, -0.05) is 18.2 Å². The normalized spacial score (nSPS) is 19.5. The monoisotopic (exact) mass is 708 g/mol. The number of hydrogen-bond acceptors (Lipinski definition) is 4. The van der Waals surface area contributed by atoms with Crippen molar-refractivity contribution in [2.24, 2.45) is 0 Å². The third-order valence-corrected chi connectivity index (χ3v) is 9.15. The van der Waals surface area contributed by atoms with Crippen molar-refractivity contribution < 1.29 is 58.9 Å². The number of alkyl halides is 9. The van der Waals surface area contributed by atoms with E-state index in [-0.39, 0.29) is 52.6 Å². The lowest BCUT2D eigenvalue weighted by molar-refractivity contribution is -0.143. The van der Waals surface area contributed by atoms with Crippen molar-refractivity contribution in [1.82, 2.24) is 9.88 Å². The molecule has 2 aliphatic rings. The van der Waals surface area contributed by atoms with Gasteiger partial charge in [0.05, 0.1) is 35.4 Å². The van der Waals surface area contributed by atoms with Crippen molar-refractivity contribution in [2.75, 3.05) is 7.11 Å². The summed E-state index contributed by atoms with van der Waals surface area (Å²) in [5.74, 6) is -2.85. The molecule has 0 unspecified atom stereocenters. The number of carboxylic acid groups (broad SMARTS) is 1. The van der Waals surface area contributed by atoms with E-state index in [0.29, 0.717) is 23.3 Å². The number of carbonyl (C=O) groups excluding carboxylic acids is 1. The third-order valence-electron chi connectivity index (χ3n) is 9.15. The first-order chi connectivity index (χ1) is 23.4. The summed E-state index contributed by atoms with van der Waals surface area (Å²) < 4.78 is 130. The zero-order chi connectivity index (χ0) is 36.3. The first kappa shape index (κ1) is 34.8. The maximum absolute atomic E-state index is 14.1. The average molecular weight is 709 g/mol. The van der Waals surface area contributed by atoms with Crippen LogP contribution in [0.1, 0.15) is 69.4 Å². The zero-order valence-electron chi connectivity index (χ0n) is 25.7. The molecule has 262 valence electrons. The zero-order valence-corrected chi connectivity index (χ0v) is 25.7. The lowest BCUT2D eigenvalue weighted by Crippen LogP contribution is -2.31. The van der Waals surface area contributed by atoms with E-state index >= 15 is 0 Å². The van der Waals surface area contributed by atoms with Gasteiger partial charge in [-0.25, -0.2) is 9.78 Å². The minimum Gasteiger partial charge on any atom is -0.481 e. The Hall–Kier alpha value is -5.08. The van der Waals surface area contributed by atoms with Crippen molar-refractivity contribution in [3.05, 3.63) is 106 Å². The molecule has 1 amide bonds. The van der Waals surface area contributed by atoms with E-state index in [2.05, 4.69) is 4.98 Å². The van der Waals surface area contributed by atoms with Crippen LogP contribution in [0.2, 0.25) is 0 Å². The van der Waals surface area contributed by atoms with Gasteiger partial charge in [0.1, 0.15) is 0 Å².